The molecule has 1 heterocycles. The Morgan fingerprint density at radius 3 is 2.62 bits per heavy atom. The van der Waals surface area contributed by atoms with Crippen molar-refractivity contribution in [3.8, 4) is 0 Å². The molecule has 3 aromatic carbocycles. The van der Waals surface area contributed by atoms with Crippen molar-refractivity contribution < 1.29 is 9.47 Å². The van der Waals surface area contributed by atoms with Crippen molar-refractivity contribution in [2.45, 2.75) is 25.0 Å². The van der Waals surface area contributed by atoms with Crippen molar-refractivity contribution in [3.05, 3.63) is 82.9 Å². The fourth-order valence-electron chi connectivity index (χ4n) is 4.32. The number of nitrogens with zero attached hydrogens (tertiary/aromatic N) is 1. The first-order valence-electron chi connectivity index (χ1n) is 10.3. The second-order valence-electron chi connectivity index (χ2n) is 7.81. The van der Waals surface area contributed by atoms with Crippen LogP contribution in [0.5, 0.6) is 0 Å². The molecule has 1 saturated heterocycles. The minimum Gasteiger partial charge on any atom is -0.385 e. The maximum atomic E-state index is 6.73. The van der Waals surface area contributed by atoms with Crippen LogP contribution >= 0.6 is 11.6 Å². The van der Waals surface area contributed by atoms with Gasteiger partial charge in [-0.3, -0.25) is 4.90 Å². The Balaban J connectivity index is 1.63. The van der Waals surface area contributed by atoms with Gasteiger partial charge in [0.2, 0.25) is 0 Å². The second-order valence-corrected chi connectivity index (χ2v) is 8.25. The van der Waals surface area contributed by atoms with Gasteiger partial charge in [-0.15, -0.1) is 0 Å². The fraction of sp³-hybridized carbons (Fsp3) is 0.360. The van der Waals surface area contributed by atoms with Crippen LogP contribution in [-0.4, -0.2) is 38.3 Å². The molecule has 0 N–H and O–H groups in total. The quantitative estimate of drug-likeness (QED) is 0.449. The van der Waals surface area contributed by atoms with Gasteiger partial charge in [0, 0.05) is 38.4 Å². The van der Waals surface area contributed by atoms with E-state index in [0.717, 1.165) is 49.7 Å². The SMILES string of the molecule is COCCCN1CCC(OCc2ccc(Cl)cc2)(c2cccc3ccccc23)C1. The van der Waals surface area contributed by atoms with Crippen LogP contribution in [0.25, 0.3) is 10.8 Å². The van der Waals surface area contributed by atoms with Gasteiger partial charge < -0.3 is 9.47 Å². The summed E-state index contributed by atoms with van der Waals surface area (Å²) in [7, 11) is 1.76. The zero-order valence-electron chi connectivity index (χ0n) is 16.9. The van der Waals surface area contributed by atoms with Gasteiger partial charge in [0.05, 0.1) is 6.61 Å². The summed E-state index contributed by atoms with van der Waals surface area (Å²) in [5, 5.41) is 3.30. The van der Waals surface area contributed by atoms with Crippen LogP contribution in [0, 0.1) is 0 Å². The smallest absolute Gasteiger partial charge is 0.108 e. The molecule has 0 aliphatic carbocycles. The molecule has 3 nitrogen and oxygen atoms in total. The molecular formula is C25H28ClNO2. The highest BCUT2D eigenvalue weighted by molar-refractivity contribution is 6.30. The molecule has 0 amide bonds. The minimum absolute atomic E-state index is 0.312. The predicted octanol–water partition coefficient (Wildman–Crippen LogP) is 5.65. The molecule has 0 spiro atoms. The third-order valence-electron chi connectivity index (χ3n) is 5.84. The molecular weight excluding hydrogens is 382 g/mol. The highest BCUT2D eigenvalue weighted by Gasteiger charge is 2.41. The summed E-state index contributed by atoms with van der Waals surface area (Å²) < 4.78 is 12.0. The molecule has 3 aromatic rings. The molecule has 0 radical (unpaired) electrons. The number of methoxy groups -OCH3 is 1. The van der Waals surface area contributed by atoms with Crippen LogP contribution in [0.1, 0.15) is 24.0 Å². The standard InChI is InChI=1S/C25H28ClNO2/c1-28-17-5-15-27-16-14-25(19-27,29-18-20-10-12-22(26)13-11-20)24-9-4-7-21-6-2-3-8-23(21)24/h2-4,6-13H,5,14-19H2,1H3. The summed E-state index contributed by atoms with van der Waals surface area (Å²) in [6.07, 6.45) is 2.03. The average Bonchev–Trinajstić information content (AvgIpc) is 3.17. The lowest BCUT2D eigenvalue weighted by Gasteiger charge is -2.32. The van der Waals surface area contributed by atoms with E-state index in [9.17, 15) is 0 Å². The number of hydrogen-bond donors (Lipinski definition) is 0. The third-order valence-corrected chi connectivity index (χ3v) is 6.09. The van der Waals surface area contributed by atoms with Gasteiger partial charge in [0.25, 0.3) is 0 Å². The number of benzene rings is 3. The van der Waals surface area contributed by atoms with Gasteiger partial charge in [-0.05, 0) is 46.9 Å². The van der Waals surface area contributed by atoms with E-state index < -0.39 is 0 Å². The van der Waals surface area contributed by atoms with Crippen molar-refractivity contribution in [2.24, 2.45) is 0 Å². The molecule has 0 aromatic heterocycles. The molecule has 1 aliphatic heterocycles. The lowest BCUT2D eigenvalue weighted by Crippen LogP contribution is -2.34. The molecule has 1 atom stereocenters. The first kappa shape index (κ1) is 20.4. The third kappa shape index (κ3) is 4.65. The first-order chi connectivity index (χ1) is 14.2. The highest BCUT2D eigenvalue weighted by Crippen LogP contribution is 2.40. The summed E-state index contributed by atoms with van der Waals surface area (Å²) >= 11 is 6.05. The van der Waals surface area contributed by atoms with Crippen LogP contribution in [0.3, 0.4) is 0 Å². The molecule has 0 saturated carbocycles. The number of hydrogen-bond acceptors (Lipinski definition) is 3. The Kier molecular flexibility index (Phi) is 6.51. The van der Waals surface area contributed by atoms with E-state index >= 15 is 0 Å². The number of fused-ring (bicyclic) bond motifs is 1. The molecule has 4 rings (SSSR count). The van der Waals surface area contributed by atoms with E-state index in [4.69, 9.17) is 21.1 Å². The van der Waals surface area contributed by atoms with Crippen LogP contribution in [0.15, 0.2) is 66.7 Å². The van der Waals surface area contributed by atoms with E-state index in [1.807, 2.05) is 24.3 Å². The van der Waals surface area contributed by atoms with E-state index in [0.29, 0.717) is 6.61 Å². The van der Waals surface area contributed by atoms with Gasteiger partial charge >= 0.3 is 0 Å². The van der Waals surface area contributed by atoms with Gasteiger partial charge in [0.15, 0.2) is 0 Å². The molecule has 29 heavy (non-hydrogen) atoms. The van der Waals surface area contributed by atoms with E-state index in [2.05, 4.69) is 47.4 Å². The van der Waals surface area contributed by atoms with Crippen molar-refractivity contribution in [2.75, 3.05) is 33.4 Å². The van der Waals surface area contributed by atoms with Gasteiger partial charge in [-0.25, -0.2) is 0 Å². The Morgan fingerprint density at radius 2 is 1.79 bits per heavy atom. The monoisotopic (exact) mass is 409 g/mol. The first-order valence-corrected chi connectivity index (χ1v) is 10.7. The molecule has 1 fully saturated rings. The number of likely N-dealkylation sites (tertiary alicyclic amines) is 1. The Hall–Kier alpha value is -1.91. The predicted molar refractivity (Wildman–Crippen MR) is 119 cm³/mol. The number of halogens is 1. The zero-order valence-corrected chi connectivity index (χ0v) is 17.7. The van der Waals surface area contributed by atoms with Crippen molar-refractivity contribution in [1.82, 2.24) is 4.90 Å². The molecule has 4 heteroatoms. The molecule has 1 unspecified atom stereocenters. The van der Waals surface area contributed by atoms with Crippen molar-refractivity contribution >= 4 is 22.4 Å². The van der Waals surface area contributed by atoms with Crippen LogP contribution in [-0.2, 0) is 21.7 Å². The van der Waals surface area contributed by atoms with Crippen LogP contribution in [0.4, 0.5) is 0 Å². The minimum atomic E-state index is -0.312. The van der Waals surface area contributed by atoms with Crippen molar-refractivity contribution in [1.29, 1.82) is 0 Å². The largest absolute Gasteiger partial charge is 0.385 e. The van der Waals surface area contributed by atoms with E-state index in [1.165, 1.54) is 16.3 Å². The summed E-state index contributed by atoms with van der Waals surface area (Å²) in [5.41, 5.74) is 2.12. The fourth-order valence-corrected chi connectivity index (χ4v) is 4.45. The Labute approximate surface area is 178 Å². The highest BCUT2D eigenvalue weighted by atomic mass is 35.5. The van der Waals surface area contributed by atoms with E-state index in [1.54, 1.807) is 7.11 Å². The van der Waals surface area contributed by atoms with Gasteiger partial charge in [-0.1, -0.05) is 66.2 Å². The lowest BCUT2D eigenvalue weighted by molar-refractivity contribution is -0.0530. The van der Waals surface area contributed by atoms with Crippen LogP contribution < -0.4 is 0 Å². The normalized spacial score (nSPS) is 19.8. The summed E-state index contributed by atoms with van der Waals surface area (Å²) in [4.78, 5) is 2.50. The average molecular weight is 410 g/mol. The Bertz CT molecular complexity index is 938. The summed E-state index contributed by atoms with van der Waals surface area (Å²) in [6, 6.07) is 23.1. The molecule has 0 bridgehead atoms. The number of ether oxygens (including phenoxy) is 2. The van der Waals surface area contributed by atoms with Gasteiger partial charge in [-0.2, -0.15) is 0 Å². The lowest BCUT2D eigenvalue weighted by atomic mass is 9.88. The second kappa shape index (κ2) is 9.27. The maximum Gasteiger partial charge on any atom is 0.108 e. The zero-order chi connectivity index (χ0) is 20.1. The van der Waals surface area contributed by atoms with E-state index in [-0.39, 0.29) is 5.60 Å². The molecule has 152 valence electrons. The van der Waals surface area contributed by atoms with Gasteiger partial charge in [0.1, 0.15) is 5.60 Å². The topological polar surface area (TPSA) is 21.7 Å². The number of rotatable bonds is 8. The maximum absolute atomic E-state index is 6.73. The summed E-state index contributed by atoms with van der Waals surface area (Å²) in [6.45, 7) is 4.34. The Morgan fingerprint density at radius 1 is 1.00 bits per heavy atom. The molecule has 1 aliphatic rings. The summed E-state index contributed by atoms with van der Waals surface area (Å²) in [5.74, 6) is 0. The van der Waals surface area contributed by atoms with Crippen molar-refractivity contribution in [3.63, 3.8) is 0 Å². The van der Waals surface area contributed by atoms with Crippen LogP contribution in [0.2, 0.25) is 5.02 Å².